The van der Waals surface area contributed by atoms with Crippen LogP contribution in [-0.4, -0.2) is 9.78 Å². The van der Waals surface area contributed by atoms with Gasteiger partial charge in [0.05, 0.1) is 29.8 Å². The van der Waals surface area contributed by atoms with Crippen molar-refractivity contribution in [1.82, 2.24) is 9.78 Å². The monoisotopic (exact) mass is 342 g/mol. The van der Waals surface area contributed by atoms with Crippen molar-refractivity contribution in [1.29, 1.82) is 0 Å². The molecular formula is C16H15BrN4. The van der Waals surface area contributed by atoms with E-state index in [-0.39, 0.29) is 0 Å². The predicted octanol–water partition coefficient (Wildman–Crippen LogP) is 4.02. The van der Waals surface area contributed by atoms with Crippen LogP contribution in [0.5, 0.6) is 0 Å². The first-order valence-electron chi connectivity index (χ1n) is 6.60. The summed E-state index contributed by atoms with van der Waals surface area (Å²) >= 11 is 3.50. The van der Waals surface area contributed by atoms with Crippen molar-refractivity contribution >= 4 is 33.0 Å². The van der Waals surface area contributed by atoms with Crippen molar-refractivity contribution in [2.45, 2.75) is 6.54 Å². The molecule has 3 rings (SSSR count). The van der Waals surface area contributed by atoms with E-state index in [1.165, 1.54) is 5.56 Å². The van der Waals surface area contributed by atoms with Crippen LogP contribution in [0.4, 0.5) is 17.1 Å². The normalized spacial score (nSPS) is 10.5. The van der Waals surface area contributed by atoms with Crippen LogP contribution < -0.4 is 11.1 Å². The smallest absolute Gasteiger partial charge is 0.0771 e. The van der Waals surface area contributed by atoms with Crippen LogP contribution in [-0.2, 0) is 6.54 Å². The molecule has 0 fully saturated rings. The lowest BCUT2D eigenvalue weighted by Crippen LogP contribution is -1.99. The topological polar surface area (TPSA) is 55.9 Å². The molecule has 0 amide bonds. The van der Waals surface area contributed by atoms with Gasteiger partial charge in [0, 0.05) is 10.7 Å². The molecule has 4 nitrogen and oxygen atoms in total. The van der Waals surface area contributed by atoms with Crippen molar-refractivity contribution in [3.8, 4) is 0 Å². The number of anilines is 3. The second-order valence-electron chi connectivity index (χ2n) is 4.74. The van der Waals surface area contributed by atoms with E-state index in [0.29, 0.717) is 5.69 Å². The first kappa shape index (κ1) is 13.7. The molecule has 2 aromatic carbocycles. The van der Waals surface area contributed by atoms with E-state index in [4.69, 9.17) is 5.73 Å². The lowest BCUT2D eigenvalue weighted by Gasteiger charge is -2.09. The van der Waals surface area contributed by atoms with Crippen LogP contribution in [0.3, 0.4) is 0 Å². The maximum atomic E-state index is 5.98. The third kappa shape index (κ3) is 3.25. The van der Waals surface area contributed by atoms with Gasteiger partial charge in [0.1, 0.15) is 0 Å². The average Bonchev–Trinajstić information content (AvgIpc) is 2.91. The van der Waals surface area contributed by atoms with E-state index in [1.54, 1.807) is 6.20 Å². The fourth-order valence-electron chi connectivity index (χ4n) is 2.10. The minimum Gasteiger partial charge on any atom is -0.397 e. The Morgan fingerprint density at radius 1 is 1.10 bits per heavy atom. The zero-order chi connectivity index (χ0) is 14.7. The molecule has 1 heterocycles. The second-order valence-corrected chi connectivity index (χ2v) is 5.60. The molecule has 1 aromatic heterocycles. The van der Waals surface area contributed by atoms with Gasteiger partial charge < -0.3 is 11.1 Å². The first-order valence-corrected chi connectivity index (χ1v) is 7.39. The molecule has 3 N–H and O–H groups in total. The molecule has 0 aliphatic rings. The number of benzene rings is 2. The first-order chi connectivity index (χ1) is 10.2. The predicted molar refractivity (Wildman–Crippen MR) is 89.6 cm³/mol. The molecule has 0 unspecified atom stereocenters. The standard InChI is InChI=1S/C16H15BrN4/c17-14-7-4-8-15(18)16(14)20-13-9-19-21(11-13)10-12-5-2-1-3-6-12/h1-9,11,20H,10,18H2. The molecule has 106 valence electrons. The Bertz CT molecular complexity index is 717. The van der Waals surface area contributed by atoms with E-state index in [1.807, 2.05) is 47.3 Å². The number of nitrogens with one attached hydrogen (secondary N) is 1. The Morgan fingerprint density at radius 3 is 2.67 bits per heavy atom. The van der Waals surface area contributed by atoms with Crippen molar-refractivity contribution < 1.29 is 0 Å². The Balaban J connectivity index is 1.76. The highest BCUT2D eigenvalue weighted by Gasteiger charge is 2.06. The largest absolute Gasteiger partial charge is 0.397 e. The Morgan fingerprint density at radius 2 is 1.90 bits per heavy atom. The van der Waals surface area contributed by atoms with Gasteiger partial charge in [-0.2, -0.15) is 5.10 Å². The summed E-state index contributed by atoms with van der Waals surface area (Å²) in [4.78, 5) is 0. The Hall–Kier alpha value is -2.27. The highest BCUT2D eigenvalue weighted by Crippen LogP contribution is 2.31. The van der Waals surface area contributed by atoms with E-state index in [2.05, 4.69) is 38.5 Å². The molecule has 0 bridgehead atoms. The lowest BCUT2D eigenvalue weighted by atomic mass is 10.2. The molecule has 0 atom stereocenters. The van der Waals surface area contributed by atoms with Gasteiger partial charge in [-0.3, -0.25) is 4.68 Å². The maximum absolute atomic E-state index is 5.98. The third-order valence-electron chi connectivity index (χ3n) is 3.14. The van der Waals surface area contributed by atoms with Gasteiger partial charge in [-0.15, -0.1) is 0 Å². The molecule has 3 aromatic rings. The Kier molecular flexibility index (Phi) is 3.92. The van der Waals surface area contributed by atoms with Gasteiger partial charge in [0.15, 0.2) is 0 Å². The van der Waals surface area contributed by atoms with Crippen molar-refractivity contribution in [3.63, 3.8) is 0 Å². The maximum Gasteiger partial charge on any atom is 0.0771 e. The number of rotatable bonds is 4. The van der Waals surface area contributed by atoms with Crippen LogP contribution in [0.1, 0.15) is 5.56 Å². The van der Waals surface area contributed by atoms with Crippen LogP contribution in [0.2, 0.25) is 0 Å². The van der Waals surface area contributed by atoms with Gasteiger partial charge in [-0.1, -0.05) is 36.4 Å². The number of aromatic nitrogens is 2. The van der Waals surface area contributed by atoms with E-state index in [9.17, 15) is 0 Å². The number of nitrogens with zero attached hydrogens (tertiary/aromatic N) is 2. The minimum atomic E-state index is 0.695. The summed E-state index contributed by atoms with van der Waals surface area (Å²) in [6, 6.07) is 16.0. The number of nitrogens with two attached hydrogens (primary N) is 1. The molecule has 0 radical (unpaired) electrons. The quantitative estimate of drug-likeness (QED) is 0.704. The van der Waals surface area contributed by atoms with Crippen molar-refractivity contribution in [2.24, 2.45) is 0 Å². The molecule has 21 heavy (non-hydrogen) atoms. The van der Waals surface area contributed by atoms with Gasteiger partial charge in [-0.25, -0.2) is 0 Å². The van der Waals surface area contributed by atoms with E-state index in [0.717, 1.165) is 22.4 Å². The highest BCUT2D eigenvalue weighted by atomic mass is 79.9. The van der Waals surface area contributed by atoms with Gasteiger partial charge in [0.2, 0.25) is 0 Å². The van der Waals surface area contributed by atoms with E-state index < -0.39 is 0 Å². The number of halogens is 1. The van der Waals surface area contributed by atoms with Crippen molar-refractivity contribution in [2.75, 3.05) is 11.1 Å². The SMILES string of the molecule is Nc1cccc(Br)c1Nc1cnn(Cc2ccccc2)c1. The highest BCUT2D eigenvalue weighted by molar-refractivity contribution is 9.10. The lowest BCUT2D eigenvalue weighted by molar-refractivity contribution is 0.687. The summed E-state index contributed by atoms with van der Waals surface area (Å²) in [6.07, 6.45) is 3.76. The summed E-state index contributed by atoms with van der Waals surface area (Å²) in [6.45, 7) is 0.744. The summed E-state index contributed by atoms with van der Waals surface area (Å²) in [5, 5.41) is 7.66. The molecule has 5 heteroatoms. The minimum absolute atomic E-state index is 0.695. The average molecular weight is 343 g/mol. The van der Waals surface area contributed by atoms with Gasteiger partial charge >= 0.3 is 0 Å². The molecule has 0 saturated heterocycles. The third-order valence-corrected chi connectivity index (χ3v) is 3.80. The molecule has 0 spiro atoms. The number of nitrogen functional groups attached to an aromatic ring is 1. The van der Waals surface area contributed by atoms with Crippen LogP contribution in [0.15, 0.2) is 65.4 Å². The van der Waals surface area contributed by atoms with Gasteiger partial charge in [-0.05, 0) is 33.6 Å². The molecule has 0 aliphatic carbocycles. The summed E-state index contributed by atoms with van der Waals surface area (Å²) in [5.74, 6) is 0. The van der Waals surface area contributed by atoms with Crippen LogP contribution >= 0.6 is 15.9 Å². The summed E-state index contributed by atoms with van der Waals surface area (Å²) in [5.41, 5.74) is 9.65. The number of hydrogen-bond acceptors (Lipinski definition) is 3. The van der Waals surface area contributed by atoms with Gasteiger partial charge in [0.25, 0.3) is 0 Å². The number of hydrogen-bond donors (Lipinski definition) is 2. The van der Waals surface area contributed by atoms with E-state index >= 15 is 0 Å². The molecule has 0 aliphatic heterocycles. The fourth-order valence-corrected chi connectivity index (χ4v) is 2.58. The van der Waals surface area contributed by atoms with Crippen LogP contribution in [0.25, 0.3) is 0 Å². The zero-order valence-electron chi connectivity index (χ0n) is 11.3. The van der Waals surface area contributed by atoms with Crippen molar-refractivity contribution in [3.05, 3.63) is 71.0 Å². The summed E-state index contributed by atoms with van der Waals surface area (Å²) in [7, 11) is 0. The molecular weight excluding hydrogens is 328 g/mol. The van der Waals surface area contributed by atoms with Crippen LogP contribution in [0, 0.1) is 0 Å². The number of para-hydroxylation sites is 1. The Labute approximate surface area is 131 Å². The second kappa shape index (κ2) is 6.01. The fraction of sp³-hybridized carbons (Fsp3) is 0.0625. The summed E-state index contributed by atoms with van der Waals surface area (Å²) < 4.78 is 2.82. The molecule has 0 saturated carbocycles. The zero-order valence-corrected chi connectivity index (χ0v) is 12.9.